The number of hydrogen-bond acceptors (Lipinski definition) is 7. The zero-order valence-corrected chi connectivity index (χ0v) is 15.8. The summed E-state index contributed by atoms with van der Waals surface area (Å²) in [5.74, 6) is 1.36. The highest BCUT2D eigenvalue weighted by molar-refractivity contribution is 5.95. The highest BCUT2D eigenvalue weighted by Crippen LogP contribution is 2.24. The van der Waals surface area contributed by atoms with Crippen molar-refractivity contribution in [3.05, 3.63) is 41.2 Å². The SMILES string of the molecule is Cc1ncc(C(=O)N2CCO[C@@H](c3ccnc(N4CCCC4)n3)C2)c(C)n1. The molecule has 8 nitrogen and oxygen atoms in total. The number of carbonyl (C=O) groups is 1. The molecule has 2 aliphatic rings. The summed E-state index contributed by atoms with van der Waals surface area (Å²) in [6.45, 7) is 7.13. The fourth-order valence-electron chi connectivity index (χ4n) is 3.59. The van der Waals surface area contributed by atoms with Crippen LogP contribution in [0.5, 0.6) is 0 Å². The lowest BCUT2D eigenvalue weighted by atomic mass is 10.1. The number of hydrogen-bond donors (Lipinski definition) is 0. The molecule has 0 unspecified atom stereocenters. The Morgan fingerprint density at radius 3 is 2.74 bits per heavy atom. The summed E-state index contributed by atoms with van der Waals surface area (Å²) in [5.41, 5.74) is 2.07. The third-order valence-corrected chi connectivity index (χ3v) is 5.07. The van der Waals surface area contributed by atoms with Gasteiger partial charge in [0.25, 0.3) is 5.91 Å². The first-order valence-corrected chi connectivity index (χ1v) is 9.41. The molecule has 2 aromatic heterocycles. The average molecular weight is 368 g/mol. The first kappa shape index (κ1) is 17.8. The van der Waals surface area contributed by atoms with Gasteiger partial charge in [-0.1, -0.05) is 0 Å². The standard InChI is InChI=1S/C19H24N6O2/c1-13-15(11-21-14(2)22-13)18(26)25-9-10-27-17(12-25)16-5-6-20-19(23-16)24-7-3-4-8-24/h5-6,11,17H,3-4,7-10,12H2,1-2H3/t17-/m1/s1. The Morgan fingerprint density at radius 2 is 1.96 bits per heavy atom. The summed E-state index contributed by atoms with van der Waals surface area (Å²) < 4.78 is 5.91. The van der Waals surface area contributed by atoms with Crippen molar-refractivity contribution in [2.24, 2.45) is 0 Å². The van der Waals surface area contributed by atoms with Gasteiger partial charge in [-0.2, -0.15) is 0 Å². The third kappa shape index (κ3) is 3.75. The Balaban J connectivity index is 1.51. The average Bonchev–Trinajstić information content (AvgIpc) is 3.23. The molecule has 2 aliphatic heterocycles. The maximum absolute atomic E-state index is 12.9. The lowest BCUT2D eigenvalue weighted by molar-refractivity contribution is -0.0248. The molecule has 1 atom stereocenters. The molecular weight excluding hydrogens is 344 g/mol. The van der Waals surface area contributed by atoms with Crippen molar-refractivity contribution in [3.63, 3.8) is 0 Å². The number of carbonyl (C=O) groups excluding carboxylic acids is 1. The molecule has 0 aliphatic carbocycles. The zero-order valence-electron chi connectivity index (χ0n) is 15.8. The van der Waals surface area contributed by atoms with Crippen molar-refractivity contribution in [3.8, 4) is 0 Å². The summed E-state index contributed by atoms with van der Waals surface area (Å²) in [7, 11) is 0. The van der Waals surface area contributed by atoms with E-state index >= 15 is 0 Å². The fraction of sp³-hybridized carbons (Fsp3) is 0.526. The highest BCUT2D eigenvalue weighted by Gasteiger charge is 2.29. The molecule has 0 N–H and O–H groups in total. The van der Waals surface area contributed by atoms with Crippen LogP contribution < -0.4 is 4.90 Å². The van der Waals surface area contributed by atoms with Crippen molar-refractivity contribution < 1.29 is 9.53 Å². The second-order valence-electron chi connectivity index (χ2n) is 7.00. The molecule has 0 spiro atoms. The van der Waals surface area contributed by atoms with E-state index in [1.54, 1.807) is 17.3 Å². The van der Waals surface area contributed by atoms with Gasteiger partial charge in [0.15, 0.2) is 0 Å². The first-order chi connectivity index (χ1) is 13.1. The number of aryl methyl sites for hydroxylation is 2. The molecule has 2 fully saturated rings. The molecule has 8 heteroatoms. The summed E-state index contributed by atoms with van der Waals surface area (Å²) in [6, 6.07) is 1.87. The van der Waals surface area contributed by atoms with Crippen LogP contribution in [0.3, 0.4) is 0 Å². The van der Waals surface area contributed by atoms with Crippen LogP contribution in [-0.2, 0) is 4.74 Å². The van der Waals surface area contributed by atoms with Gasteiger partial charge in [0, 0.05) is 32.0 Å². The predicted octanol–water partition coefficient (Wildman–Crippen LogP) is 1.70. The van der Waals surface area contributed by atoms with Crippen molar-refractivity contribution in [1.82, 2.24) is 24.8 Å². The van der Waals surface area contributed by atoms with Crippen LogP contribution in [0.25, 0.3) is 0 Å². The second kappa shape index (κ2) is 7.56. The number of rotatable bonds is 3. The largest absolute Gasteiger partial charge is 0.368 e. The molecule has 1 amide bonds. The fourth-order valence-corrected chi connectivity index (χ4v) is 3.59. The van der Waals surface area contributed by atoms with E-state index in [2.05, 4.69) is 19.9 Å². The van der Waals surface area contributed by atoms with Crippen LogP contribution in [0.2, 0.25) is 0 Å². The summed E-state index contributed by atoms with van der Waals surface area (Å²) in [6.07, 6.45) is 5.49. The van der Waals surface area contributed by atoms with Gasteiger partial charge in [-0.05, 0) is 32.8 Å². The zero-order chi connectivity index (χ0) is 18.8. The Hall–Kier alpha value is -2.61. The van der Waals surface area contributed by atoms with E-state index in [9.17, 15) is 4.79 Å². The number of nitrogens with zero attached hydrogens (tertiary/aromatic N) is 6. The van der Waals surface area contributed by atoms with Crippen molar-refractivity contribution in [1.29, 1.82) is 0 Å². The number of ether oxygens (including phenoxy) is 1. The van der Waals surface area contributed by atoms with E-state index in [0.717, 1.165) is 24.7 Å². The smallest absolute Gasteiger partial charge is 0.257 e. The predicted molar refractivity (Wildman–Crippen MR) is 99.6 cm³/mol. The molecule has 0 saturated carbocycles. The monoisotopic (exact) mass is 368 g/mol. The Morgan fingerprint density at radius 1 is 1.15 bits per heavy atom. The molecule has 2 saturated heterocycles. The van der Waals surface area contributed by atoms with Gasteiger partial charge in [-0.3, -0.25) is 4.79 Å². The van der Waals surface area contributed by atoms with Gasteiger partial charge >= 0.3 is 0 Å². The van der Waals surface area contributed by atoms with Crippen molar-refractivity contribution >= 4 is 11.9 Å². The van der Waals surface area contributed by atoms with E-state index in [1.807, 2.05) is 19.9 Å². The van der Waals surface area contributed by atoms with Crippen LogP contribution in [0.1, 0.15) is 46.5 Å². The van der Waals surface area contributed by atoms with Crippen LogP contribution in [0.4, 0.5) is 5.95 Å². The van der Waals surface area contributed by atoms with E-state index < -0.39 is 0 Å². The van der Waals surface area contributed by atoms with Gasteiger partial charge in [-0.15, -0.1) is 0 Å². The van der Waals surface area contributed by atoms with Gasteiger partial charge in [-0.25, -0.2) is 19.9 Å². The second-order valence-corrected chi connectivity index (χ2v) is 7.00. The van der Waals surface area contributed by atoms with E-state index in [-0.39, 0.29) is 12.0 Å². The van der Waals surface area contributed by atoms with Crippen LogP contribution in [0.15, 0.2) is 18.5 Å². The van der Waals surface area contributed by atoms with Crippen molar-refractivity contribution in [2.45, 2.75) is 32.8 Å². The van der Waals surface area contributed by atoms with E-state index in [4.69, 9.17) is 9.72 Å². The maximum Gasteiger partial charge on any atom is 0.257 e. The molecule has 4 heterocycles. The normalized spacial score (nSPS) is 20.1. The Kier molecular flexibility index (Phi) is 4.98. The van der Waals surface area contributed by atoms with Gasteiger partial charge < -0.3 is 14.5 Å². The van der Waals surface area contributed by atoms with Crippen LogP contribution >= 0.6 is 0 Å². The summed E-state index contributed by atoms with van der Waals surface area (Å²) in [4.78, 5) is 34.5. The minimum absolute atomic E-state index is 0.0605. The molecule has 27 heavy (non-hydrogen) atoms. The third-order valence-electron chi connectivity index (χ3n) is 5.07. The van der Waals surface area contributed by atoms with E-state index in [0.29, 0.717) is 36.8 Å². The highest BCUT2D eigenvalue weighted by atomic mass is 16.5. The maximum atomic E-state index is 12.9. The summed E-state index contributed by atoms with van der Waals surface area (Å²) in [5, 5.41) is 0. The number of anilines is 1. The molecule has 2 aromatic rings. The molecule has 0 aromatic carbocycles. The van der Waals surface area contributed by atoms with Crippen LogP contribution in [-0.4, -0.2) is 63.5 Å². The topological polar surface area (TPSA) is 84.3 Å². The number of morpholine rings is 1. The summed E-state index contributed by atoms with van der Waals surface area (Å²) >= 11 is 0. The number of aromatic nitrogens is 4. The number of amides is 1. The van der Waals surface area contributed by atoms with Gasteiger partial charge in [0.2, 0.25) is 5.95 Å². The van der Waals surface area contributed by atoms with Gasteiger partial charge in [0.05, 0.1) is 30.1 Å². The minimum atomic E-state index is -0.251. The molecular formula is C19H24N6O2. The molecule has 0 radical (unpaired) electrons. The quantitative estimate of drug-likeness (QED) is 0.815. The van der Waals surface area contributed by atoms with Gasteiger partial charge in [0.1, 0.15) is 11.9 Å². The molecule has 142 valence electrons. The Labute approximate surface area is 158 Å². The van der Waals surface area contributed by atoms with Crippen molar-refractivity contribution in [2.75, 3.05) is 37.7 Å². The van der Waals surface area contributed by atoms with Crippen LogP contribution in [0, 0.1) is 13.8 Å². The minimum Gasteiger partial charge on any atom is -0.368 e. The lowest BCUT2D eigenvalue weighted by Crippen LogP contribution is -2.43. The lowest BCUT2D eigenvalue weighted by Gasteiger charge is -2.33. The first-order valence-electron chi connectivity index (χ1n) is 9.41. The van der Waals surface area contributed by atoms with E-state index in [1.165, 1.54) is 12.8 Å². The molecule has 0 bridgehead atoms. The molecule has 4 rings (SSSR count). The Bertz CT molecular complexity index is 837.